The van der Waals surface area contributed by atoms with Gasteiger partial charge in [-0.15, -0.1) is 0 Å². The van der Waals surface area contributed by atoms with Gasteiger partial charge >= 0.3 is 0 Å². The van der Waals surface area contributed by atoms with Crippen LogP contribution >= 0.6 is 11.6 Å². The molecule has 138 valence electrons. The molecule has 0 saturated heterocycles. The van der Waals surface area contributed by atoms with Gasteiger partial charge in [0, 0.05) is 29.4 Å². The summed E-state index contributed by atoms with van der Waals surface area (Å²) in [4.78, 5) is 15.0. The number of hydrogen-bond donors (Lipinski definition) is 1. The summed E-state index contributed by atoms with van der Waals surface area (Å²) in [6.07, 6.45) is 5.32. The quantitative estimate of drug-likeness (QED) is 0.526. The minimum atomic E-state index is -0.409. The Bertz CT molecular complexity index is 1230. The van der Waals surface area contributed by atoms with Crippen LogP contribution in [0.2, 0.25) is 5.02 Å². The zero-order valence-electron chi connectivity index (χ0n) is 14.6. The van der Waals surface area contributed by atoms with Crippen LogP contribution in [0.15, 0.2) is 55.1 Å². The number of halogens is 2. The molecule has 0 spiro atoms. The predicted octanol–water partition coefficient (Wildman–Crippen LogP) is 4.88. The third-order valence-electron chi connectivity index (χ3n) is 4.94. The van der Waals surface area contributed by atoms with Crippen LogP contribution in [-0.2, 0) is 6.42 Å². The molecule has 2 aromatic heterocycles. The molecule has 1 aliphatic heterocycles. The topological polar surface area (TPSA) is 62.1 Å². The van der Waals surface area contributed by atoms with E-state index in [2.05, 4.69) is 15.0 Å². The van der Waals surface area contributed by atoms with E-state index in [1.54, 1.807) is 18.3 Å². The summed E-state index contributed by atoms with van der Waals surface area (Å²) < 4.78 is 13.8. The van der Waals surface area contributed by atoms with Crippen molar-refractivity contribution in [2.75, 3.05) is 11.4 Å². The lowest BCUT2D eigenvalue weighted by Crippen LogP contribution is -2.15. The molecule has 7 heteroatoms. The second-order valence-corrected chi connectivity index (χ2v) is 7.06. The average Bonchev–Trinajstić information content (AvgIpc) is 3.10. The number of pyridine rings is 1. The van der Waals surface area contributed by atoms with Crippen LogP contribution in [0, 0.1) is 5.82 Å². The van der Waals surface area contributed by atoms with Crippen LogP contribution in [0.25, 0.3) is 22.0 Å². The number of anilines is 2. The Morgan fingerprint density at radius 2 is 1.93 bits per heavy atom. The lowest BCUT2D eigenvalue weighted by Gasteiger charge is -2.20. The molecule has 5 nitrogen and oxygen atoms in total. The van der Waals surface area contributed by atoms with Gasteiger partial charge in [-0.1, -0.05) is 17.7 Å². The number of benzene rings is 2. The van der Waals surface area contributed by atoms with E-state index in [0.29, 0.717) is 13.0 Å². The van der Waals surface area contributed by atoms with Crippen molar-refractivity contribution >= 4 is 34.0 Å². The highest BCUT2D eigenvalue weighted by atomic mass is 35.5. The van der Waals surface area contributed by atoms with E-state index >= 15 is 0 Å². The van der Waals surface area contributed by atoms with Crippen molar-refractivity contribution in [3.63, 3.8) is 0 Å². The fourth-order valence-electron chi connectivity index (χ4n) is 3.63. The Labute approximate surface area is 165 Å². The minimum Gasteiger partial charge on any atom is -0.506 e. The largest absolute Gasteiger partial charge is 0.506 e. The van der Waals surface area contributed by atoms with Crippen LogP contribution in [-0.4, -0.2) is 26.6 Å². The van der Waals surface area contributed by atoms with Crippen LogP contribution in [0.4, 0.5) is 15.9 Å². The molecule has 0 unspecified atom stereocenters. The second kappa shape index (κ2) is 6.42. The molecule has 0 radical (unpaired) electrons. The number of fused-ring (bicyclic) bond motifs is 2. The van der Waals surface area contributed by atoms with E-state index in [0.717, 1.165) is 39.1 Å². The molecule has 0 saturated carbocycles. The zero-order valence-corrected chi connectivity index (χ0v) is 15.4. The standard InChI is InChI=1S/C21H14ClFN4O/c22-17-8-20-13(7-18(17)23)3-4-27(20)21-16-6-12(1-2-19(16)25-11-26-21)14-5-15(28)10-24-9-14/h1-2,5-11,28H,3-4H2. The molecule has 2 aromatic carbocycles. The van der Waals surface area contributed by atoms with Gasteiger partial charge in [0.2, 0.25) is 0 Å². The van der Waals surface area contributed by atoms with Gasteiger partial charge in [-0.25, -0.2) is 14.4 Å². The zero-order chi connectivity index (χ0) is 19.3. The number of aromatic nitrogens is 3. The van der Waals surface area contributed by atoms with Crippen LogP contribution in [0.5, 0.6) is 5.75 Å². The van der Waals surface area contributed by atoms with Crippen molar-refractivity contribution < 1.29 is 9.50 Å². The first-order valence-corrected chi connectivity index (χ1v) is 9.12. The van der Waals surface area contributed by atoms with E-state index in [-0.39, 0.29) is 10.8 Å². The fourth-order valence-corrected chi connectivity index (χ4v) is 3.78. The first-order chi connectivity index (χ1) is 13.6. The molecule has 0 bridgehead atoms. The maximum atomic E-state index is 13.8. The Morgan fingerprint density at radius 1 is 1.04 bits per heavy atom. The van der Waals surface area contributed by atoms with Crippen LogP contribution in [0.1, 0.15) is 5.56 Å². The van der Waals surface area contributed by atoms with Crippen molar-refractivity contribution in [2.24, 2.45) is 0 Å². The van der Waals surface area contributed by atoms with Crippen LogP contribution in [0.3, 0.4) is 0 Å². The summed E-state index contributed by atoms with van der Waals surface area (Å²) in [7, 11) is 0. The van der Waals surface area contributed by atoms with Crippen molar-refractivity contribution in [1.29, 1.82) is 0 Å². The maximum Gasteiger partial charge on any atom is 0.144 e. The highest BCUT2D eigenvalue weighted by molar-refractivity contribution is 6.31. The van der Waals surface area contributed by atoms with E-state index in [4.69, 9.17) is 11.6 Å². The predicted molar refractivity (Wildman–Crippen MR) is 107 cm³/mol. The van der Waals surface area contributed by atoms with E-state index in [1.165, 1.54) is 18.6 Å². The summed E-state index contributed by atoms with van der Waals surface area (Å²) in [5.41, 5.74) is 4.24. The monoisotopic (exact) mass is 392 g/mol. The minimum absolute atomic E-state index is 0.0931. The fraction of sp³-hybridized carbons (Fsp3) is 0.0952. The molecular formula is C21H14ClFN4O. The normalized spacial score (nSPS) is 13.1. The molecule has 1 aliphatic rings. The molecule has 5 rings (SSSR count). The molecule has 0 atom stereocenters. The summed E-state index contributed by atoms with van der Waals surface area (Å²) >= 11 is 6.02. The lowest BCUT2D eigenvalue weighted by molar-refractivity contribution is 0.473. The average molecular weight is 393 g/mol. The highest BCUT2D eigenvalue weighted by Crippen LogP contribution is 2.39. The van der Waals surface area contributed by atoms with Crippen molar-refractivity contribution in [1.82, 2.24) is 15.0 Å². The molecular weight excluding hydrogens is 379 g/mol. The van der Waals surface area contributed by atoms with Gasteiger partial charge in [-0.05, 0) is 47.9 Å². The summed E-state index contributed by atoms with van der Waals surface area (Å²) in [6, 6.07) is 10.6. The van der Waals surface area contributed by atoms with E-state index in [1.807, 2.05) is 23.1 Å². The van der Waals surface area contributed by atoms with Gasteiger partial charge in [0.1, 0.15) is 23.7 Å². The molecule has 3 heterocycles. The first kappa shape index (κ1) is 16.9. The van der Waals surface area contributed by atoms with E-state index in [9.17, 15) is 9.50 Å². The Balaban J connectivity index is 1.67. The summed E-state index contributed by atoms with van der Waals surface area (Å²) in [5, 5.41) is 10.7. The van der Waals surface area contributed by atoms with Gasteiger partial charge in [0.25, 0.3) is 0 Å². The molecule has 0 fully saturated rings. The smallest absolute Gasteiger partial charge is 0.144 e. The molecule has 28 heavy (non-hydrogen) atoms. The van der Waals surface area contributed by atoms with Gasteiger partial charge in [0.15, 0.2) is 0 Å². The number of nitrogens with zero attached hydrogens (tertiary/aromatic N) is 4. The van der Waals surface area contributed by atoms with Crippen molar-refractivity contribution in [3.05, 3.63) is 71.5 Å². The van der Waals surface area contributed by atoms with E-state index < -0.39 is 5.82 Å². The van der Waals surface area contributed by atoms with Gasteiger partial charge in [-0.2, -0.15) is 0 Å². The van der Waals surface area contributed by atoms with Gasteiger partial charge in [0.05, 0.1) is 16.7 Å². The Morgan fingerprint density at radius 3 is 2.79 bits per heavy atom. The third-order valence-corrected chi connectivity index (χ3v) is 5.23. The molecule has 1 N–H and O–H groups in total. The number of rotatable bonds is 2. The molecule has 0 amide bonds. The Kier molecular flexibility index (Phi) is 3.87. The van der Waals surface area contributed by atoms with Gasteiger partial charge < -0.3 is 10.0 Å². The SMILES string of the molecule is Oc1cncc(-c2ccc3ncnc(N4CCc5cc(F)c(Cl)cc54)c3c2)c1. The third kappa shape index (κ3) is 2.73. The van der Waals surface area contributed by atoms with Crippen LogP contribution < -0.4 is 4.90 Å². The van der Waals surface area contributed by atoms with Crippen molar-refractivity contribution in [3.8, 4) is 16.9 Å². The lowest BCUT2D eigenvalue weighted by atomic mass is 10.0. The first-order valence-electron chi connectivity index (χ1n) is 8.75. The second-order valence-electron chi connectivity index (χ2n) is 6.66. The molecule has 4 aromatic rings. The van der Waals surface area contributed by atoms with Gasteiger partial charge in [-0.3, -0.25) is 4.98 Å². The summed E-state index contributed by atoms with van der Waals surface area (Å²) in [5.74, 6) is 0.433. The highest BCUT2D eigenvalue weighted by Gasteiger charge is 2.25. The number of aromatic hydroxyl groups is 1. The maximum absolute atomic E-state index is 13.8. The molecule has 0 aliphatic carbocycles. The van der Waals surface area contributed by atoms with Crippen molar-refractivity contribution in [2.45, 2.75) is 6.42 Å². The summed E-state index contributed by atoms with van der Waals surface area (Å²) in [6.45, 7) is 0.680. The number of hydrogen-bond acceptors (Lipinski definition) is 5. The Hall–Kier alpha value is -3.25.